The maximum Gasteiger partial charge on any atom is 0.323 e. The highest BCUT2D eigenvalue weighted by Crippen LogP contribution is 2.34. The topological polar surface area (TPSA) is 89.3 Å². The number of carboxylic acid groups (broad SMARTS) is 1. The maximum atomic E-state index is 14.0. The molecule has 0 aliphatic rings. The summed E-state index contributed by atoms with van der Waals surface area (Å²) in [5, 5.41) is 10.4. The summed E-state index contributed by atoms with van der Waals surface area (Å²) in [7, 11) is -3.83. The Hall–Kier alpha value is -3.04. The zero-order valence-electron chi connectivity index (χ0n) is 16.8. The first-order chi connectivity index (χ1) is 14.7. The smallest absolute Gasteiger partial charge is 0.323 e. The summed E-state index contributed by atoms with van der Waals surface area (Å²) in [5.74, 6) is -1.46. The van der Waals surface area contributed by atoms with Gasteiger partial charge in [-0.05, 0) is 49.7 Å². The van der Waals surface area contributed by atoms with Crippen molar-refractivity contribution in [2.24, 2.45) is 0 Å². The predicted octanol–water partition coefficient (Wildman–Crippen LogP) is 4.36. The average Bonchev–Trinajstić information content (AvgIpc) is 3.22. The van der Waals surface area contributed by atoms with Crippen LogP contribution in [0, 0.1) is 19.7 Å². The van der Waals surface area contributed by atoms with Crippen molar-refractivity contribution >= 4 is 38.0 Å². The van der Waals surface area contributed by atoms with Crippen molar-refractivity contribution in [3.63, 3.8) is 0 Å². The lowest BCUT2D eigenvalue weighted by Crippen LogP contribution is -2.10. The summed E-state index contributed by atoms with van der Waals surface area (Å²) < 4.78 is 42.1. The summed E-state index contributed by atoms with van der Waals surface area (Å²) in [4.78, 5) is 16.3. The number of carbonyl (C=O) groups is 1. The molecule has 31 heavy (non-hydrogen) atoms. The summed E-state index contributed by atoms with van der Waals surface area (Å²) in [6, 6.07) is 12.3. The van der Waals surface area contributed by atoms with E-state index in [1.807, 2.05) is 0 Å². The van der Waals surface area contributed by atoms with E-state index in [1.165, 1.54) is 35.6 Å². The third-order valence-corrected chi connectivity index (χ3v) is 7.96. The molecule has 0 unspecified atom stereocenters. The number of carboxylic acids is 1. The molecule has 0 amide bonds. The normalized spacial score (nSPS) is 11.8. The van der Waals surface area contributed by atoms with E-state index in [4.69, 9.17) is 0 Å². The molecule has 0 bridgehead atoms. The summed E-state index contributed by atoms with van der Waals surface area (Å²) in [6.07, 6.45) is 0.200. The van der Waals surface area contributed by atoms with Gasteiger partial charge in [-0.1, -0.05) is 18.2 Å². The minimum Gasteiger partial charge on any atom is -0.480 e. The van der Waals surface area contributed by atoms with Crippen LogP contribution in [0.15, 0.2) is 58.5 Å². The Kier molecular flexibility index (Phi) is 5.40. The molecular weight excluding hydrogens is 439 g/mol. The van der Waals surface area contributed by atoms with Gasteiger partial charge in [-0.3, -0.25) is 4.79 Å². The second-order valence-corrected chi connectivity index (χ2v) is 10.3. The van der Waals surface area contributed by atoms with Gasteiger partial charge >= 0.3 is 5.97 Å². The first-order valence-corrected chi connectivity index (χ1v) is 11.7. The van der Waals surface area contributed by atoms with Crippen LogP contribution in [0.3, 0.4) is 0 Å². The number of benzene rings is 2. The number of sulfone groups is 1. The Morgan fingerprint density at radius 1 is 1.16 bits per heavy atom. The molecule has 1 N–H and O–H groups in total. The lowest BCUT2D eigenvalue weighted by molar-refractivity contribution is -0.137. The van der Waals surface area contributed by atoms with Gasteiger partial charge in [0.05, 0.1) is 9.90 Å². The number of fused-ring (bicyclic) bond motifs is 1. The van der Waals surface area contributed by atoms with Crippen LogP contribution < -0.4 is 0 Å². The molecule has 2 aromatic heterocycles. The monoisotopic (exact) mass is 458 g/mol. The second-order valence-electron chi connectivity index (χ2n) is 7.16. The minimum absolute atomic E-state index is 0.0175. The number of hydrogen-bond donors (Lipinski definition) is 1. The predicted molar refractivity (Wildman–Crippen MR) is 116 cm³/mol. The molecule has 0 atom stereocenters. The third-order valence-electron chi connectivity index (χ3n) is 5.12. The average molecular weight is 459 g/mol. The number of aryl methyl sites for hydroxylation is 1. The Bertz CT molecular complexity index is 1410. The van der Waals surface area contributed by atoms with E-state index in [1.54, 1.807) is 42.7 Å². The molecule has 6 nitrogen and oxygen atoms in total. The molecule has 0 saturated heterocycles. The molecule has 9 heteroatoms. The lowest BCUT2D eigenvalue weighted by Gasteiger charge is -2.07. The molecule has 160 valence electrons. The highest BCUT2D eigenvalue weighted by atomic mass is 32.2. The Balaban J connectivity index is 1.88. The SMILES string of the molecule is Cc1nc(S(=O)(=O)c2ccccc2)c(Cc2c(C)n(CC(=O)O)c3ccc(F)cc23)s1. The van der Waals surface area contributed by atoms with Crippen molar-refractivity contribution in [1.29, 1.82) is 0 Å². The first-order valence-electron chi connectivity index (χ1n) is 9.44. The zero-order valence-corrected chi connectivity index (χ0v) is 18.4. The molecule has 0 aliphatic heterocycles. The van der Waals surface area contributed by atoms with Gasteiger partial charge in [-0.25, -0.2) is 17.8 Å². The minimum atomic E-state index is -3.83. The fourth-order valence-electron chi connectivity index (χ4n) is 3.73. The lowest BCUT2D eigenvalue weighted by atomic mass is 10.1. The van der Waals surface area contributed by atoms with Crippen molar-refractivity contribution in [1.82, 2.24) is 9.55 Å². The highest BCUT2D eigenvalue weighted by molar-refractivity contribution is 7.91. The number of nitrogens with zero attached hydrogens (tertiary/aromatic N) is 2. The third kappa shape index (κ3) is 3.86. The summed E-state index contributed by atoms with van der Waals surface area (Å²) in [6.45, 7) is 3.22. The van der Waals surface area contributed by atoms with Gasteiger partial charge in [-0.15, -0.1) is 11.3 Å². The van der Waals surface area contributed by atoms with Crippen LogP contribution in [-0.2, 0) is 27.6 Å². The van der Waals surface area contributed by atoms with E-state index in [9.17, 15) is 22.7 Å². The van der Waals surface area contributed by atoms with Gasteiger partial charge in [0.15, 0.2) is 5.03 Å². The highest BCUT2D eigenvalue weighted by Gasteiger charge is 2.27. The van der Waals surface area contributed by atoms with E-state index in [0.29, 0.717) is 32.0 Å². The van der Waals surface area contributed by atoms with Gasteiger partial charge in [0.2, 0.25) is 9.84 Å². The summed E-state index contributed by atoms with van der Waals surface area (Å²) >= 11 is 1.27. The molecule has 2 aromatic carbocycles. The first kappa shape index (κ1) is 21.2. The standard InChI is InChI=1S/C22H19FN2O4S2/c1-13-17(18-10-15(23)8-9-19(18)25(13)12-21(26)27)11-20-22(24-14(2)30-20)31(28,29)16-6-4-3-5-7-16/h3-10H,11-12H2,1-2H3,(H,26,27). The molecule has 0 aliphatic carbocycles. The van der Waals surface area contributed by atoms with Crippen molar-refractivity contribution in [3.8, 4) is 0 Å². The Morgan fingerprint density at radius 2 is 1.87 bits per heavy atom. The Labute approximate surface area is 182 Å². The van der Waals surface area contributed by atoms with Crippen LogP contribution in [0.4, 0.5) is 4.39 Å². The van der Waals surface area contributed by atoms with Crippen LogP contribution in [0.1, 0.15) is 21.1 Å². The number of halogens is 1. The Morgan fingerprint density at radius 3 is 2.55 bits per heavy atom. The number of hydrogen-bond acceptors (Lipinski definition) is 5. The largest absolute Gasteiger partial charge is 0.480 e. The maximum absolute atomic E-state index is 14.0. The second kappa shape index (κ2) is 7.90. The quantitative estimate of drug-likeness (QED) is 0.464. The van der Waals surface area contributed by atoms with Crippen LogP contribution >= 0.6 is 11.3 Å². The van der Waals surface area contributed by atoms with Crippen molar-refractivity contribution in [3.05, 3.63) is 75.5 Å². The van der Waals surface area contributed by atoms with E-state index < -0.39 is 21.6 Å². The molecule has 2 heterocycles. The molecule has 0 saturated carbocycles. The zero-order chi connectivity index (χ0) is 22.3. The fourth-order valence-corrected chi connectivity index (χ4v) is 6.45. The number of aromatic nitrogens is 2. The molecule has 0 fully saturated rings. The fraction of sp³-hybridized carbons (Fsp3) is 0.182. The summed E-state index contributed by atoms with van der Waals surface area (Å²) in [5.41, 5.74) is 1.92. The van der Waals surface area contributed by atoms with Crippen LogP contribution in [0.25, 0.3) is 10.9 Å². The van der Waals surface area contributed by atoms with E-state index in [0.717, 1.165) is 0 Å². The van der Waals surface area contributed by atoms with Gasteiger partial charge in [0.1, 0.15) is 12.4 Å². The van der Waals surface area contributed by atoms with E-state index in [-0.39, 0.29) is 22.9 Å². The van der Waals surface area contributed by atoms with Crippen molar-refractivity contribution in [2.45, 2.75) is 36.7 Å². The molecule has 4 aromatic rings. The van der Waals surface area contributed by atoms with Crippen molar-refractivity contribution in [2.75, 3.05) is 0 Å². The van der Waals surface area contributed by atoms with E-state index in [2.05, 4.69) is 4.98 Å². The number of aliphatic carboxylic acids is 1. The number of thiazole rings is 1. The van der Waals surface area contributed by atoms with Crippen LogP contribution in [0.2, 0.25) is 0 Å². The van der Waals surface area contributed by atoms with Crippen LogP contribution in [-0.4, -0.2) is 29.0 Å². The van der Waals surface area contributed by atoms with Gasteiger partial charge in [-0.2, -0.15) is 0 Å². The van der Waals surface area contributed by atoms with Gasteiger partial charge in [0, 0.05) is 27.9 Å². The molecule has 0 radical (unpaired) electrons. The van der Waals surface area contributed by atoms with Gasteiger partial charge < -0.3 is 9.67 Å². The van der Waals surface area contributed by atoms with E-state index >= 15 is 0 Å². The van der Waals surface area contributed by atoms with Crippen LogP contribution in [0.5, 0.6) is 0 Å². The number of rotatable bonds is 6. The molecular formula is C22H19FN2O4S2. The van der Waals surface area contributed by atoms with Gasteiger partial charge in [0.25, 0.3) is 0 Å². The molecule has 0 spiro atoms. The van der Waals surface area contributed by atoms with Crippen molar-refractivity contribution < 1.29 is 22.7 Å². The molecule has 4 rings (SSSR count).